The standard InChI is InChI=1S/C25H34F3N3O/c26-25(27,28)21-6-3-7-23(18-21)31-16-14-30(15-17-31)13-12-19-8-10-22(11-9-19)29-24(32)20-4-1-2-5-20/h3-4,6-7,18-19,22H,1-2,5,8-17H2,(H,29,32). The number of amides is 1. The zero-order valence-electron chi connectivity index (χ0n) is 18.7. The fourth-order valence-electron chi connectivity index (χ4n) is 5.22. The van der Waals surface area contributed by atoms with Gasteiger partial charge >= 0.3 is 6.18 Å². The van der Waals surface area contributed by atoms with E-state index < -0.39 is 11.7 Å². The summed E-state index contributed by atoms with van der Waals surface area (Å²) in [7, 11) is 0. The Kier molecular flexibility index (Phi) is 7.44. The van der Waals surface area contributed by atoms with E-state index in [1.54, 1.807) is 6.07 Å². The van der Waals surface area contributed by atoms with Crippen LogP contribution in [0.1, 0.15) is 56.9 Å². The Morgan fingerprint density at radius 1 is 1.06 bits per heavy atom. The molecular weight excluding hydrogens is 415 g/mol. The van der Waals surface area contributed by atoms with Gasteiger partial charge in [0, 0.05) is 43.5 Å². The van der Waals surface area contributed by atoms with Crippen molar-refractivity contribution in [2.24, 2.45) is 5.92 Å². The molecule has 4 rings (SSSR count). The van der Waals surface area contributed by atoms with Crippen LogP contribution in [0.4, 0.5) is 18.9 Å². The zero-order valence-corrected chi connectivity index (χ0v) is 18.7. The smallest absolute Gasteiger partial charge is 0.369 e. The van der Waals surface area contributed by atoms with Crippen LogP contribution in [0.15, 0.2) is 35.9 Å². The van der Waals surface area contributed by atoms with E-state index in [2.05, 4.69) is 21.2 Å². The summed E-state index contributed by atoms with van der Waals surface area (Å²) < 4.78 is 38.9. The van der Waals surface area contributed by atoms with Crippen molar-refractivity contribution < 1.29 is 18.0 Å². The van der Waals surface area contributed by atoms with Gasteiger partial charge in [-0.05, 0) is 82.0 Å². The van der Waals surface area contributed by atoms with Gasteiger partial charge in [0.15, 0.2) is 0 Å². The summed E-state index contributed by atoms with van der Waals surface area (Å²) in [6, 6.07) is 5.97. The molecule has 1 amide bonds. The third-order valence-corrected chi connectivity index (χ3v) is 7.28. The number of hydrogen-bond acceptors (Lipinski definition) is 3. The number of nitrogens with one attached hydrogen (secondary N) is 1. The van der Waals surface area contributed by atoms with Gasteiger partial charge in [0.25, 0.3) is 0 Å². The van der Waals surface area contributed by atoms with Crippen molar-refractivity contribution in [3.8, 4) is 0 Å². The number of anilines is 1. The first-order valence-corrected chi connectivity index (χ1v) is 12.0. The Labute approximate surface area is 188 Å². The Morgan fingerprint density at radius 2 is 1.81 bits per heavy atom. The highest BCUT2D eigenvalue weighted by molar-refractivity contribution is 5.93. The first-order valence-electron chi connectivity index (χ1n) is 12.0. The van der Waals surface area contributed by atoms with Crippen LogP contribution in [0.2, 0.25) is 0 Å². The summed E-state index contributed by atoms with van der Waals surface area (Å²) in [4.78, 5) is 16.8. The number of allylic oxidation sites excluding steroid dienone is 1. The Hall–Kier alpha value is -2.02. The van der Waals surface area contributed by atoms with Gasteiger partial charge in [0.1, 0.15) is 0 Å². The van der Waals surface area contributed by atoms with Crippen molar-refractivity contribution in [3.63, 3.8) is 0 Å². The highest BCUT2D eigenvalue weighted by atomic mass is 19.4. The number of rotatable bonds is 6. The van der Waals surface area contributed by atoms with E-state index in [1.165, 1.54) is 12.1 Å². The summed E-state index contributed by atoms with van der Waals surface area (Å²) in [6.45, 7) is 4.34. The van der Waals surface area contributed by atoms with Crippen LogP contribution in [0.25, 0.3) is 0 Å². The molecule has 176 valence electrons. The predicted octanol–water partition coefficient (Wildman–Crippen LogP) is 5.00. The molecule has 1 aliphatic heterocycles. The van der Waals surface area contributed by atoms with Crippen LogP contribution in [-0.2, 0) is 11.0 Å². The van der Waals surface area contributed by atoms with E-state index >= 15 is 0 Å². The minimum atomic E-state index is -4.30. The van der Waals surface area contributed by atoms with Crippen molar-refractivity contribution in [1.29, 1.82) is 0 Å². The molecule has 2 aliphatic carbocycles. The fourth-order valence-corrected chi connectivity index (χ4v) is 5.22. The molecular formula is C25H34F3N3O. The highest BCUT2D eigenvalue weighted by Gasteiger charge is 2.31. The molecule has 0 atom stereocenters. The number of nitrogens with zero attached hydrogens (tertiary/aromatic N) is 2. The molecule has 0 radical (unpaired) electrons. The Balaban J connectivity index is 1.15. The number of piperazine rings is 1. The van der Waals surface area contributed by atoms with Crippen molar-refractivity contribution >= 4 is 11.6 Å². The van der Waals surface area contributed by atoms with Gasteiger partial charge in [-0.3, -0.25) is 9.69 Å². The van der Waals surface area contributed by atoms with E-state index in [0.717, 1.165) is 95.7 Å². The van der Waals surface area contributed by atoms with Crippen molar-refractivity contribution in [2.45, 2.75) is 63.6 Å². The maximum absolute atomic E-state index is 13.0. The second-order valence-corrected chi connectivity index (χ2v) is 9.48. The van der Waals surface area contributed by atoms with Crippen LogP contribution < -0.4 is 10.2 Å². The summed E-state index contributed by atoms with van der Waals surface area (Å²) in [6.07, 6.45) is 6.44. The number of carbonyl (C=O) groups excluding carboxylic acids is 1. The van der Waals surface area contributed by atoms with Crippen LogP contribution in [0, 0.1) is 5.92 Å². The van der Waals surface area contributed by atoms with Crippen molar-refractivity contribution in [3.05, 3.63) is 41.5 Å². The normalized spacial score (nSPS) is 25.0. The molecule has 7 heteroatoms. The average molecular weight is 450 g/mol. The van der Waals surface area contributed by atoms with E-state index in [9.17, 15) is 18.0 Å². The summed E-state index contributed by atoms with van der Waals surface area (Å²) in [5, 5.41) is 3.23. The Morgan fingerprint density at radius 3 is 2.47 bits per heavy atom. The third kappa shape index (κ3) is 6.06. The molecule has 3 aliphatic rings. The fraction of sp³-hybridized carbons (Fsp3) is 0.640. The third-order valence-electron chi connectivity index (χ3n) is 7.28. The first-order chi connectivity index (χ1) is 15.4. The number of halogens is 3. The van der Waals surface area contributed by atoms with Crippen LogP contribution in [0.5, 0.6) is 0 Å². The SMILES string of the molecule is O=C(NC1CCC(CCN2CCN(c3cccc(C(F)(F)F)c3)CC2)CC1)C1=CCCC1. The van der Waals surface area contributed by atoms with Gasteiger partial charge in [-0.15, -0.1) is 0 Å². The Bertz CT molecular complexity index is 807. The largest absolute Gasteiger partial charge is 0.416 e. The van der Waals surface area contributed by atoms with Crippen molar-refractivity contribution in [1.82, 2.24) is 10.2 Å². The lowest BCUT2D eigenvalue weighted by molar-refractivity contribution is -0.137. The molecule has 32 heavy (non-hydrogen) atoms. The zero-order chi connectivity index (χ0) is 22.6. The van der Waals surface area contributed by atoms with E-state index in [0.29, 0.717) is 17.6 Å². The van der Waals surface area contributed by atoms with Gasteiger partial charge in [-0.1, -0.05) is 12.1 Å². The predicted molar refractivity (Wildman–Crippen MR) is 121 cm³/mol. The lowest BCUT2D eigenvalue weighted by Gasteiger charge is -2.37. The summed E-state index contributed by atoms with van der Waals surface area (Å²) in [5.74, 6) is 0.847. The molecule has 4 nitrogen and oxygen atoms in total. The van der Waals surface area contributed by atoms with Crippen LogP contribution in [-0.4, -0.2) is 49.6 Å². The molecule has 1 saturated carbocycles. The number of carbonyl (C=O) groups is 1. The molecule has 0 unspecified atom stereocenters. The topological polar surface area (TPSA) is 35.6 Å². The molecule has 1 heterocycles. The molecule has 0 aromatic heterocycles. The second-order valence-electron chi connectivity index (χ2n) is 9.48. The number of hydrogen-bond donors (Lipinski definition) is 1. The molecule has 1 N–H and O–H groups in total. The second kappa shape index (κ2) is 10.3. The minimum absolute atomic E-state index is 0.143. The lowest BCUT2D eigenvalue weighted by atomic mass is 9.84. The van der Waals surface area contributed by atoms with Gasteiger partial charge < -0.3 is 10.2 Å². The maximum atomic E-state index is 13.0. The minimum Gasteiger partial charge on any atom is -0.369 e. The molecule has 0 spiro atoms. The number of alkyl halides is 3. The first kappa shape index (κ1) is 23.1. The van der Waals surface area contributed by atoms with E-state index in [-0.39, 0.29) is 5.91 Å². The monoisotopic (exact) mass is 449 g/mol. The quantitative estimate of drug-likeness (QED) is 0.664. The van der Waals surface area contributed by atoms with E-state index in [4.69, 9.17) is 0 Å². The molecule has 0 bridgehead atoms. The van der Waals surface area contributed by atoms with Crippen LogP contribution in [0.3, 0.4) is 0 Å². The van der Waals surface area contributed by atoms with Gasteiger partial charge in [0.05, 0.1) is 5.56 Å². The molecule has 1 aromatic rings. The van der Waals surface area contributed by atoms with Gasteiger partial charge in [-0.2, -0.15) is 13.2 Å². The van der Waals surface area contributed by atoms with Crippen molar-refractivity contribution in [2.75, 3.05) is 37.6 Å². The lowest BCUT2D eigenvalue weighted by Crippen LogP contribution is -2.47. The molecule has 2 fully saturated rings. The summed E-state index contributed by atoms with van der Waals surface area (Å²) >= 11 is 0. The molecule has 1 aromatic carbocycles. The number of benzene rings is 1. The average Bonchev–Trinajstić information content (AvgIpc) is 3.34. The highest BCUT2D eigenvalue weighted by Crippen LogP contribution is 2.32. The summed E-state index contributed by atoms with van der Waals surface area (Å²) in [5.41, 5.74) is 1.05. The maximum Gasteiger partial charge on any atom is 0.416 e. The van der Waals surface area contributed by atoms with Gasteiger partial charge in [-0.25, -0.2) is 0 Å². The molecule has 1 saturated heterocycles. The van der Waals surface area contributed by atoms with E-state index in [1.807, 2.05) is 0 Å². The van der Waals surface area contributed by atoms with Crippen LogP contribution >= 0.6 is 0 Å². The van der Waals surface area contributed by atoms with Gasteiger partial charge in [0.2, 0.25) is 5.91 Å².